The van der Waals surface area contributed by atoms with Crippen LogP contribution in [0.15, 0.2) is 12.3 Å². The van der Waals surface area contributed by atoms with Gasteiger partial charge in [-0.1, -0.05) is 6.42 Å². The summed E-state index contributed by atoms with van der Waals surface area (Å²) in [5.41, 5.74) is 0. The highest BCUT2D eigenvalue weighted by Crippen LogP contribution is 2.42. The Bertz CT molecular complexity index is 430. The Kier molecular flexibility index (Phi) is 4.06. The predicted molar refractivity (Wildman–Crippen MR) is 72.0 cm³/mol. The van der Waals surface area contributed by atoms with Crippen LogP contribution in [-0.2, 0) is 4.74 Å². The molecule has 1 aliphatic carbocycles. The van der Waals surface area contributed by atoms with Crippen molar-refractivity contribution < 1.29 is 9.53 Å². The summed E-state index contributed by atoms with van der Waals surface area (Å²) < 4.78 is 4.92. The summed E-state index contributed by atoms with van der Waals surface area (Å²) in [6.45, 7) is 0.867. The van der Waals surface area contributed by atoms with Crippen LogP contribution >= 0.6 is 11.8 Å². The number of nitrogens with one attached hydrogen (secondary N) is 1. The van der Waals surface area contributed by atoms with Gasteiger partial charge in [-0.05, 0) is 25.2 Å². The van der Waals surface area contributed by atoms with Crippen molar-refractivity contribution in [3.05, 3.63) is 18.1 Å². The van der Waals surface area contributed by atoms with E-state index in [1.165, 1.54) is 26.4 Å². The standard InChI is InChI=1S/C12H17N3O2S/c1-17-11(16)10-13-7-4-9(15-10)14-8-12(18-2)5-3-6-12/h4,7H,3,5-6,8H2,1-2H3,(H,13,14,15). The van der Waals surface area contributed by atoms with Gasteiger partial charge in [0.1, 0.15) is 5.82 Å². The molecule has 1 aromatic rings. The Morgan fingerprint density at radius 3 is 2.94 bits per heavy atom. The molecule has 0 aromatic carbocycles. The van der Waals surface area contributed by atoms with E-state index in [0.717, 1.165) is 6.54 Å². The first-order chi connectivity index (χ1) is 8.69. The van der Waals surface area contributed by atoms with E-state index in [1.807, 2.05) is 11.8 Å². The Labute approximate surface area is 111 Å². The number of hydrogen-bond acceptors (Lipinski definition) is 6. The number of rotatable bonds is 5. The minimum Gasteiger partial charge on any atom is -0.463 e. The van der Waals surface area contributed by atoms with Crippen molar-refractivity contribution in [1.29, 1.82) is 0 Å². The molecule has 0 spiro atoms. The maximum absolute atomic E-state index is 11.3. The van der Waals surface area contributed by atoms with E-state index in [9.17, 15) is 4.79 Å². The first-order valence-electron chi connectivity index (χ1n) is 5.89. The van der Waals surface area contributed by atoms with E-state index in [-0.39, 0.29) is 5.82 Å². The van der Waals surface area contributed by atoms with E-state index in [1.54, 1.807) is 12.3 Å². The van der Waals surface area contributed by atoms with Crippen molar-refractivity contribution in [3.8, 4) is 0 Å². The van der Waals surface area contributed by atoms with E-state index in [2.05, 4.69) is 26.3 Å². The fraction of sp³-hybridized carbons (Fsp3) is 0.583. The van der Waals surface area contributed by atoms with Crippen molar-refractivity contribution in [2.75, 3.05) is 25.2 Å². The number of anilines is 1. The molecule has 98 valence electrons. The van der Waals surface area contributed by atoms with Gasteiger partial charge in [0.25, 0.3) is 0 Å². The predicted octanol–water partition coefficient (Wildman–Crippen LogP) is 1.96. The fourth-order valence-electron chi connectivity index (χ4n) is 1.92. The monoisotopic (exact) mass is 267 g/mol. The van der Waals surface area contributed by atoms with Crippen LogP contribution in [0.4, 0.5) is 5.82 Å². The lowest BCUT2D eigenvalue weighted by Crippen LogP contribution is -2.40. The van der Waals surface area contributed by atoms with Gasteiger partial charge in [-0.2, -0.15) is 11.8 Å². The van der Waals surface area contributed by atoms with E-state index in [0.29, 0.717) is 10.6 Å². The lowest BCUT2D eigenvalue weighted by atomic mass is 9.84. The number of carbonyl (C=O) groups is 1. The minimum absolute atomic E-state index is 0.0920. The van der Waals surface area contributed by atoms with Crippen LogP contribution in [0.5, 0.6) is 0 Å². The molecule has 1 aromatic heterocycles. The van der Waals surface area contributed by atoms with Crippen LogP contribution in [0.1, 0.15) is 29.9 Å². The van der Waals surface area contributed by atoms with Crippen molar-refractivity contribution in [2.45, 2.75) is 24.0 Å². The van der Waals surface area contributed by atoms with Crippen LogP contribution in [0.25, 0.3) is 0 Å². The third-order valence-corrected chi connectivity index (χ3v) is 4.73. The summed E-state index contributed by atoms with van der Waals surface area (Å²) >= 11 is 1.90. The average Bonchev–Trinajstić information content (AvgIpc) is 2.37. The molecule has 1 aliphatic rings. The quantitative estimate of drug-likeness (QED) is 0.823. The lowest BCUT2D eigenvalue weighted by molar-refractivity contribution is 0.0587. The molecule has 0 radical (unpaired) electrons. The summed E-state index contributed by atoms with van der Waals surface area (Å²) in [6.07, 6.45) is 7.46. The van der Waals surface area contributed by atoms with Gasteiger partial charge in [0, 0.05) is 17.5 Å². The number of esters is 1. The summed E-state index contributed by atoms with van der Waals surface area (Å²) in [6, 6.07) is 1.76. The maximum Gasteiger partial charge on any atom is 0.376 e. The van der Waals surface area contributed by atoms with Gasteiger partial charge in [0.2, 0.25) is 5.82 Å². The summed E-state index contributed by atoms with van der Waals surface area (Å²) in [7, 11) is 1.32. The number of thioether (sulfide) groups is 1. The smallest absolute Gasteiger partial charge is 0.376 e. The number of hydrogen-bond donors (Lipinski definition) is 1. The molecule has 0 saturated heterocycles. The maximum atomic E-state index is 11.3. The van der Waals surface area contributed by atoms with Crippen molar-refractivity contribution in [3.63, 3.8) is 0 Å². The summed E-state index contributed by atoms with van der Waals surface area (Å²) in [4.78, 5) is 19.3. The van der Waals surface area contributed by atoms with Crippen molar-refractivity contribution in [2.24, 2.45) is 0 Å². The zero-order valence-electron chi connectivity index (χ0n) is 10.6. The zero-order chi connectivity index (χ0) is 13.0. The second-order valence-electron chi connectivity index (χ2n) is 4.35. The number of carbonyl (C=O) groups excluding carboxylic acids is 1. The van der Waals surface area contributed by atoms with Gasteiger partial charge in [-0.25, -0.2) is 14.8 Å². The van der Waals surface area contributed by atoms with Gasteiger partial charge in [-0.15, -0.1) is 0 Å². The highest BCUT2D eigenvalue weighted by atomic mass is 32.2. The Balaban J connectivity index is 1.99. The van der Waals surface area contributed by atoms with E-state index < -0.39 is 5.97 Å². The molecular formula is C12H17N3O2S. The second kappa shape index (κ2) is 5.56. The molecule has 0 unspecified atom stereocenters. The number of methoxy groups -OCH3 is 1. The van der Waals surface area contributed by atoms with Crippen LogP contribution in [0, 0.1) is 0 Å². The highest BCUT2D eigenvalue weighted by Gasteiger charge is 2.35. The average molecular weight is 267 g/mol. The van der Waals surface area contributed by atoms with Crippen LogP contribution in [0.2, 0.25) is 0 Å². The second-order valence-corrected chi connectivity index (χ2v) is 5.63. The fourth-order valence-corrected chi connectivity index (χ4v) is 2.84. The summed E-state index contributed by atoms with van der Waals surface area (Å²) in [5, 5.41) is 3.28. The largest absolute Gasteiger partial charge is 0.463 e. The first-order valence-corrected chi connectivity index (χ1v) is 7.12. The molecule has 1 fully saturated rings. The molecule has 1 N–H and O–H groups in total. The van der Waals surface area contributed by atoms with Gasteiger partial charge in [0.15, 0.2) is 0 Å². The number of aromatic nitrogens is 2. The molecule has 0 atom stereocenters. The normalized spacial score (nSPS) is 16.8. The molecule has 1 heterocycles. The molecule has 0 amide bonds. The zero-order valence-corrected chi connectivity index (χ0v) is 11.4. The minimum atomic E-state index is -0.512. The van der Waals surface area contributed by atoms with E-state index in [4.69, 9.17) is 0 Å². The third-order valence-electron chi connectivity index (χ3n) is 3.31. The molecule has 2 rings (SSSR count). The molecule has 5 nitrogen and oxygen atoms in total. The first kappa shape index (κ1) is 13.1. The summed E-state index contributed by atoms with van der Waals surface area (Å²) in [5.74, 6) is 0.252. The van der Waals surface area contributed by atoms with Crippen molar-refractivity contribution >= 4 is 23.5 Å². The molecule has 0 aliphatic heterocycles. The van der Waals surface area contributed by atoms with Crippen LogP contribution < -0.4 is 5.32 Å². The van der Waals surface area contributed by atoms with Gasteiger partial charge in [-0.3, -0.25) is 0 Å². The van der Waals surface area contributed by atoms with Gasteiger partial charge in [0.05, 0.1) is 7.11 Å². The van der Waals surface area contributed by atoms with Crippen LogP contribution in [-0.4, -0.2) is 40.6 Å². The number of ether oxygens (including phenoxy) is 1. The lowest BCUT2D eigenvalue weighted by Gasteiger charge is -2.40. The Morgan fingerprint density at radius 2 is 2.39 bits per heavy atom. The molecule has 18 heavy (non-hydrogen) atoms. The molecule has 6 heteroatoms. The van der Waals surface area contributed by atoms with Crippen molar-refractivity contribution in [1.82, 2.24) is 9.97 Å². The van der Waals surface area contributed by atoms with Gasteiger partial charge < -0.3 is 10.1 Å². The Hall–Kier alpha value is -1.30. The number of nitrogens with zero attached hydrogens (tertiary/aromatic N) is 2. The highest BCUT2D eigenvalue weighted by molar-refractivity contribution is 8.00. The van der Waals surface area contributed by atoms with Gasteiger partial charge >= 0.3 is 5.97 Å². The Morgan fingerprint density at radius 1 is 1.61 bits per heavy atom. The molecule has 0 bridgehead atoms. The topological polar surface area (TPSA) is 64.1 Å². The molecule has 1 saturated carbocycles. The molecular weight excluding hydrogens is 250 g/mol. The van der Waals surface area contributed by atoms with E-state index >= 15 is 0 Å². The SMILES string of the molecule is COC(=O)c1nccc(NCC2(SC)CCC2)n1. The third kappa shape index (κ3) is 2.75. The van der Waals surface area contributed by atoms with Crippen LogP contribution in [0.3, 0.4) is 0 Å².